The topological polar surface area (TPSA) is 49.8 Å². The van der Waals surface area contributed by atoms with E-state index in [0.29, 0.717) is 0 Å². The zero-order valence-corrected chi connectivity index (χ0v) is 12.7. The average molecular weight is 289 g/mol. The lowest BCUT2D eigenvalue weighted by molar-refractivity contribution is 0.0969. The van der Waals surface area contributed by atoms with Crippen molar-refractivity contribution >= 4 is 6.09 Å². The molecule has 1 aromatic rings. The van der Waals surface area contributed by atoms with E-state index in [1.165, 1.54) is 0 Å². The third kappa shape index (κ3) is 3.10. The number of unbranched alkanes of at least 4 members (excludes halogenated alkanes) is 1. The van der Waals surface area contributed by atoms with E-state index in [-0.39, 0.29) is 25.3 Å². The number of ether oxygens (including phenoxy) is 1. The molecule has 1 saturated heterocycles. The fraction of sp³-hybridized carbons (Fsp3) is 0.471. The molecule has 1 aliphatic rings. The lowest BCUT2D eigenvalue weighted by Crippen LogP contribution is -2.49. The quantitative estimate of drug-likeness (QED) is 0.818. The highest BCUT2D eigenvalue weighted by Gasteiger charge is 2.47. The van der Waals surface area contributed by atoms with Crippen LogP contribution in [0.4, 0.5) is 4.79 Å². The molecule has 0 aliphatic carbocycles. The minimum absolute atomic E-state index is 0.143. The molecule has 1 aliphatic heterocycles. The summed E-state index contributed by atoms with van der Waals surface area (Å²) in [5.74, 6) is 0. The van der Waals surface area contributed by atoms with Crippen LogP contribution in [0.25, 0.3) is 0 Å². The Labute approximate surface area is 126 Å². The molecule has 1 N–H and O–H groups in total. The van der Waals surface area contributed by atoms with Crippen molar-refractivity contribution in [1.82, 2.24) is 4.90 Å². The van der Waals surface area contributed by atoms with Gasteiger partial charge in [0, 0.05) is 0 Å². The first-order valence-electron chi connectivity index (χ1n) is 7.44. The standard InChI is InChI=1S/C17H23NO3/c1-3-4-8-11-17(12-19)13-21-16(20)18(17)14(2)15-9-6-5-7-10-15/h5-11,14,19H,3-4,12-13H2,1-2H3/b11-8+/t14-,17+/m0/s1. The Kier molecular flexibility index (Phi) is 5.02. The van der Waals surface area contributed by atoms with Crippen LogP contribution in [0.3, 0.4) is 0 Å². The van der Waals surface area contributed by atoms with Crippen LogP contribution in [0.15, 0.2) is 42.5 Å². The Morgan fingerprint density at radius 3 is 2.76 bits per heavy atom. The first-order chi connectivity index (χ1) is 10.1. The van der Waals surface area contributed by atoms with Gasteiger partial charge < -0.3 is 9.84 Å². The van der Waals surface area contributed by atoms with E-state index < -0.39 is 5.54 Å². The van der Waals surface area contributed by atoms with Crippen molar-refractivity contribution in [2.75, 3.05) is 13.2 Å². The van der Waals surface area contributed by atoms with Crippen molar-refractivity contribution in [3.63, 3.8) is 0 Å². The van der Waals surface area contributed by atoms with Gasteiger partial charge in [-0.05, 0) is 18.9 Å². The predicted octanol–water partition coefficient (Wildman–Crippen LogP) is 3.29. The van der Waals surface area contributed by atoms with Gasteiger partial charge in [-0.15, -0.1) is 0 Å². The molecule has 21 heavy (non-hydrogen) atoms. The summed E-state index contributed by atoms with van der Waals surface area (Å²) in [6.45, 7) is 4.10. The summed E-state index contributed by atoms with van der Waals surface area (Å²) < 4.78 is 5.22. The molecule has 4 nitrogen and oxygen atoms in total. The largest absolute Gasteiger partial charge is 0.446 e. The minimum atomic E-state index is -0.762. The number of carbonyl (C=O) groups is 1. The number of allylic oxidation sites excluding steroid dienone is 1. The van der Waals surface area contributed by atoms with E-state index in [2.05, 4.69) is 6.92 Å². The van der Waals surface area contributed by atoms with Gasteiger partial charge in [-0.1, -0.05) is 55.8 Å². The van der Waals surface area contributed by atoms with Crippen molar-refractivity contribution in [3.8, 4) is 0 Å². The molecule has 1 fully saturated rings. The lowest BCUT2D eigenvalue weighted by atomic mass is 9.95. The average Bonchev–Trinajstić information content (AvgIpc) is 2.85. The molecular formula is C17H23NO3. The van der Waals surface area contributed by atoms with Gasteiger partial charge in [0.1, 0.15) is 12.1 Å². The number of aliphatic hydroxyl groups is 1. The van der Waals surface area contributed by atoms with E-state index in [0.717, 1.165) is 18.4 Å². The minimum Gasteiger partial charge on any atom is -0.446 e. The Balaban J connectivity index is 2.30. The Bertz CT molecular complexity index is 500. The number of hydrogen-bond donors (Lipinski definition) is 1. The van der Waals surface area contributed by atoms with E-state index in [1.54, 1.807) is 4.90 Å². The first kappa shape index (κ1) is 15.6. The Hall–Kier alpha value is -1.81. The highest BCUT2D eigenvalue weighted by Crippen LogP contribution is 2.35. The van der Waals surface area contributed by atoms with Crippen LogP contribution in [0.2, 0.25) is 0 Å². The van der Waals surface area contributed by atoms with Crippen LogP contribution >= 0.6 is 0 Å². The second kappa shape index (κ2) is 6.76. The fourth-order valence-corrected chi connectivity index (χ4v) is 2.70. The summed E-state index contributed by atoms with van der Waals surface area (Å²) in [5.41, 5.74) is 0.264. The Morgan fingerprint density at radius 1 is 1.43 bits per heavy atom. The SMILES string of the molecule is CCC/C=C/[C@@]1(CO)COC(=O)N1[C@@H](C)c1ccccc1. The van der Waals surface area contributed by atoms with Gasteiger partial charge in [0.2, 0.25) is 0 Å². The third-order valence-electron chi connectivity index (χ3n) is 3.95. The van der Waals surface area contributed by atoms with Crippen molar-refractivity contribution in [2.45, 2.75) is 38.3 Å². The molecule has 2 rings (SSSR count). The van der Waals surface area contributed by atoms with Gasteiger partial charge >= 0.3 is 6.09 Å². The summed E-state index contributed by atoms with van der Waals surface area (Å²) in [5, 5.41) is 9.87. The first-order valence-corrected chi connectivity index (χ1v) is 7.44. The van der Waals surface area contributed by atoms with Crippen molar-refractivity contribution < 1.29 is 14.6 Å². The molecule has 0 unspecified atom stereocenters. The number of benzene rings is 1. The summed E-state index contributed by atoms with van der Waals surface area (Å²) in [4.78, 5) is 13.8. The number of nitrogens with zero attached hydrogens (tertiary/aromatic N) is 1. The van der Waals surface area contributed by atoms with Crippen LogP contribution in [0.5, 0.6) is 0 Å². The number of aliphatic hydroxyl groups excluding tert-OH is 1. The molecule has 2 atom stereocenters. The summed E-state index contributed by atoms with van der Waals surface area (Å²) >= 11 is 0. The molecule has 114 valence electrons. The number of rotatable bonds is 6. The Morgan fingerprint density at radius 2 is 2.14 bits per heavy atom. The molecule has 0 bridgehead atoms. The maximum absolute atomic E-state index is 12.2. The maximum Gasteiger partial charge on any atom is 0.411 e. The van der Waals surface area contributed by atoms with Gasteiger partial charge in [-0.25, -0.2) is 4.79 Å². The molecule has 1 amide bonds. The maximum atomic E-state index is 12.2. The number of hydrogen-bond acceptors (Lipinski definition) is 3. The third-order valence-corrected chi connectivity index (χ3v) is 3.95. The lowest BCUT2D eigenvalue weighted by Gasteiger charge is -2.36. The van der Waals surface area contributed by atoms with Crippen molar-refractivity contribution in [2.24, 2.45) is 0 Å². The smallest absolute Gasteiger partial charge is 0.411 e. The van der Waals surface area contributed by atoms with Gasteiger partial charge in [-0.2, -0.15) is 0 Å². The highest BCUT2D eigenvalue weighted by atomic mass is 16.6. The molecule has 0 aromatic heterocycles. The van der Waals surface area contributed by atoms with E-state index in [4.69, 9.17) is 4.74 Å². The molecule has 0 radical (unpaired) electrons. The van der Waals surface area contributed by atoms with E-state index in [9.17, 15) is 9.90 Å². The molecule has 1 aromatic carbocycles. The number of cyclic esters (lactones) is 1. The predicted molar refractivity (Wildman–Crippen MR) is 81.9 cm³/mol. The van der Waals surface area contributed by atoms with Crippen molar-refractivity contribution in [1.29, 1.82) is 0 Å². The number of amides is 1. The zero-order chi connectivity index (χ0) is 15.3. The molecule has 4 heteroatoms. The van der Waals surface area contributed by atoms with Crippen LogP contribution in [-0.2, 0) is 4.74 Å². The summed E-state index contributed by atoms with van der Waals surface area (Å²) in [6.07, 6.45) is 5.51. The van der Waals surface area contributed by atoms with Gasteiger partial charge in [0.25, 0.3) is 0 Å². The second-order valence-corrected chi connectivity index (χ2v) is 5.46. The van der Waals surface area contributed by atoms with Crippen LogP contribution < -0.4 is 0 Å². The second-order valence-electron chi connectivity index (χ2n) is 5.46. The van der Waals surface area contributed by atoms with Gasteiger partial charge in [0.15, 0.2) is 0 Å². The normalized spacial score (nSPS) is 23.6. The van der Waals surface area contributed by atoms with Crippen molar-refractivity contribution in [3.05, 3.63) is 48.0 Å². The summed E-state index contributed by atoms with van der Waals surface area (Å²) in [6, 6.07) is 9.64. The fourth-order valence-electron chi connectivity index (χ4n) is 2.70. The van der Waals surface area contributed by atoms with E-state index >= 15 is 0 Å². The van der Waals surface area contributed by atoms with Gasteiger partial charge in [-0.3, -0.25) is 4.90 Å². The highest BCUT2D eigenvalue weighted by molar-refractivity contribution is 5.72. The zero-order valence-electron chi connectivity index (χ0n) is 12.7. The van der Waals surface area contributed by atoms with Crippen LogP contribution in [-0.4, -0.2) is 34.9 Å². The van der Waals surface area contributed by atoms with Crippen LogP contribution in [0.1, 0.15) is 38.3 Å². The van der Waals surface area contributed by atoms with Gasteiger partial charge in [0.05, 0.1) is 12.6 Å². The molecule has 0 saturated carbocycles. The molecule has 1 heterocycles. The molecule has 0 spiro atoms. The monoisotopic (exact) mass is 289 g/mol. The summed E-state index contributed by atoms with van der Waals surface area (Å²) in [7, 11) is 0. The van der Waals surface area contributed by atoms with E-state index in [1.807, 2.05) is 49.4 Å². The van der Waals surface area contributed by atoms with Crippen LogP contribution in [0, 0.1) is 0 Å². The molecular weight excluding hydrogens is 266 g/mol. The number of carbonyl (C=O) groups excluding carboxylic acids is 1.